The third-order valence-electron chi connectivity index (χ3n) is 3.99. The van der Waals surface area contributed by atoms with Gasteiger partial charge in [0.15, 0.2) is 0 Å². The van der Waals surface area contributed by atoms with E-state index < -0.39 is 5.41 Å². The Hall–Kier alpha value is -1.49. The predicted octanol–water partition coefficient (Wildman–Crippen LogP) is 2.49. The van der Waals surface area contributed by atoms with Crippen LogP contribution in [0.25, 0.3) is 0 Å². The SMILES string of the molecule is CC1CC(C(=O)N(C)Cc2ccccc2F)(C(N)=S)C1. The molecule has 2 rings (SSSR count). The van der Waals surface area contributed by atoms with E-state index >= 15 is 0 Å². The van der Waals surface area contributed by atoms with E-state index in [2.05, 4.69) is 6.92 Å². The van der Waals surface area contributed by atoms with Crippen LogP contribution in [0.5, 0.6) is 0 Å². The summed E-state index contributed by atoms with van der Waals surface area (Å²) in [5.74, 6) is 0.0344. The highest BCUT2D eigenvalue weighted by Gasteiger charge is 2.51. The standard InChI is InChI=1S/C15H19FN2OS/c1-10-7-15(8-10,13(17)20)14(19)18(2)9-11-5-3-4-6-12(11)16/h3-6,10H,7-9H2,1-2H3,(H2,17,20). The van der Waals surface area contributed by atoms with E-state index in [-0.39, 0.29) is 23.3 Å². The molecule has 0 saturated heterocycles. The van der Waals surface area contributed by atoms with Gasteiger partial charge in [-0.1, -0.05) is 37.3 Å². The van der Waals surface area contributed by atoms with Crippen molar-refractivity contribution < 1.29 is 9.18 Å². The van der Waals surface area contributed by atoms with Gasteiger partial charge >= 0.3 is 0 Å². The van der Waals surface area contributed by atoms with Crippen LogP contribution in [0, 0.1) is 17.2 Å². The molecule has 1 amide bonds. The Bertz CT molecular complexity index is 540. The second kappa shape index (κ2) is 5.48. The van der Waals surface area contributed by atoms with E-state index in [1.54, 1.807) is 25.2 Å². The van der Waals surface area contributed by atoms with Gasteiger partial charge in [0, 0.05) is 19.2 Å². The van der Waals surface area contributed by atoms with Gasteiger partial charge in [-0.15, -0.1) is 0 Å². The summed E-state index contributed by atoms with van der Waals surface area (Å²) in [6.45, 7) is 2.30. The average molecular weight is 294 g/mol. The molecular formula is C15H19FN2OS. The first kappa shape index (κ1) is 14.9. The monoisotopic (exact) mass is 294 g/mol. The van der Waals surface area contributed by atoms with Crippen molar-refractivity contribution in [3.8, 4) is 0 Å². The van der Waals surface area contributed by atoms with Gasteiger partial charge in [0.1, 0.15) is 5.82 Å². The maximum atomic E-state index is 13.6. The molecule has 3 nitrogen and oxygen atoms in total. The minimum Gasteiger partial charge on any atom is -0.392 e. The van der Waals surface area contributed by atoms with Gasteiger partial charge in [0.2, 0.25) is 5.91 Å². The number of carbonyl (C=O) groups excluding carboxylic acids is 1. The van der Waals surface area contributed by atoms with E-state index in [0.29, 0.717) is 24.3 Å². The highest BCUT2D eigenvalue weighted by Crippen LogP contribution is 2.47. The molecule has 20 heavy (non-hydrogen) atoms. The van der Waals surface area contributed by atoms with Crippen molar-refractivity contribution in [1.82, 2.24) is 4.90 Å². The van der Waals surface area contributed by atoms with Crippen molar-refractivity contribution in [3.63, 3.8) is 0 Å². The first-order valence-electron chi connectivity index (χ1n) is 6.65. The Labute approximate surface area is 123 Å². The van der Waals surface area contributed by atoms with Crippen molar-refractivity contribution in [2.45, 2.75) is 26.3 Å². The molecule has 0 radical (unpaired) electrons. The van der Waals surface area contributed by atoms with Gasteiger partial charge in [0.25, 0.3) is 0 Å². The maximum Gasteiger partial charge on any atom is 0.235 e. The van der Waals surface area contributed by atoms with Gasteiger partial charge in [-0.3, -0.25) is 4.79 Å². The van der Waals surface area contributed by atoms with Crippen molar-refractivity contribution in [3.05, 3.63) is 35.6 Å². The topological polar surface area (TPSA) is 46.3 Å². The number of amides is 1. The fourth-order valence-corrected chi connectivity index (χ4v) is 3.18. The first-order chi connectivity index (χ1) is 9.36. The van der Waals surface area contributed by atoms with E-state index in [0.717, 1.165) is 0 Å². The molecule has 0 spiro atoms. The molecule has 0 unspecified atom stereocenters. The van der Waals surface area contributed by atoms with Crippen molar-refractivity contribution in [1.29, 1.82) is 0 Å². The second-order valence-corrected chi connectivity index (χ2v) is 6.15. The zero-order chi connectivity index (χ0) is 14.9. The molecule has 0 bridgehead atoms. The van der Waals surface area contributed by atoms with Crippen molar-refractivity contribution in [2.24, 2.45) is 17.1 Å². The molecule has 1 saturated carbocycles. The molecule has 108 valence electrons. The van der Waals surface area contributed by atoms with Gasteiger partial charge in [-0.2, -0.15) is 0 Å². The number of benzene rings is 1. The lowest BCUT2D eigenvalue weighted by atomic mass is 9.61. The minimum absolute atomic E-state index is 0.105. The highest BCUT2D eigenvalue weighted by atomic mass is 32.1. The molecule has 1 aromatic rings. The summed E-state index contributed by atoms with van der Waals surface area (Å²) in [5.41, 5.74) is 5.53. The Morgan fingerprint density at radius 2 is 2.10 bits per heavy atom. The van der Waals surface area contributed by atoms with Crippen LogP contribution in [-0.2, 0) is 11.3 Å². The van der Waals surface area contributed by atoms with Crippen LogP contribution in [0.2, 0.25) is 0 Å². The van der Waals surface area contributed by atoms with Gasteiger partial charge in [-0.05, 0) is 24.8 Å². The van der Waals surface area contributed by atoms with Crippen LogP contribution < -0.4 is 5.73 Å². The number of thiocarbonyl (C=S) groups is 1. The fourth-order valence-electron chi connectivity index (χ4n) is 2.93. The molecule has 0 aliphatic heterocycles. The normalized spacial score (nSPS) is 24.9. The van der Waals surface area contributed by atoms with E-state index in [1.165, 1.54) is 11.0 Å². The Morgan fingerprint density at radius 3 is 2.60 bits per heavy atom. The Morgan fingerprint density at radius 1 is 1.50 bits per heavy atom. The lowest BCUT2D eigenvalue weighted by Gasteiger charge is -2.46. The molecule has 0 heterocycles. The summed E-state index contributed by atoms with van der Waals surface area (Å²) in [6, 6.07) is 6.45. The van der Waals surface area contributed by atoms with E-state index in [4.69, 9.17) is 18.0 Å². The quantitative estimate of drug-likeness (QED) is 0.868. The summed E-state index contributed by atoms with van der Waals surface area (Å²) in [5, 5.41) is 0. The van der Waals surface area contributed by atoms with E-state index in [9.17, 15) is 9.18 Å². The average Bonchev–Trinajstić information content (AvgIpc) is 2.36. The van der Waals surface area contributed by atoms with Crippen LogP contribution >= 0.6 is 12.2 Å². The minimum atomic E-state index is -0.727. The molecule has 1 aliphatic carbocycles. The number of nitrogens with two attached hydrogens (primary N) is 1. The summed E-state index contributed by atoms with van der Waals surface area (Å²) in [6.07, 6.45) is 1.37. The Balaban J connectivity index is 2.13. The van der Waals surface area contributed by atoms with Gasteiger partial charge < -0.3 is 10.6 Å². The molecule has 5 heteroatoms. The molecular weight excluding hydrogens is 275 g/mol. The van der Waals surface area contributed by atoms with Crippen molar-refractivity contribution >= 4 is 23.1 Å². The van der Waals surface area contributed by atoms with Gasteiger partial charge in [0.05, 0.1) is 10.4 Å². The van der Waals surface area contributed by atoms with Crippen LogP contribution in [0.15, 0.2) is 24.3 Å². The maximum absolute atomic E-state index is 13.6. The zero-order valence-corrected chi connectivity index (χ0v) is 12.5. The summed E-state index contributed by atoms with van der Waals surface area (Å²) in [4.78, 5) is 14.4. The third-order valence-corrected chi connectivity index (χ3v) is 4.38. The molecule has 0 atom stereocenters. The van der Waals surface area contributed by atoms with Crippen LogP contribution in [-0.4, -0.2) is 22.8 Å². The number of halogens is 1. The lowest BCUT2D eigenvalue weighted by molar-refractivity contribution is -0.143. The summed E-state index contributed by atoms with van der Waals surface area (Å²) in [7, 11) is 1.66. The predicted molar refractivity (Wildman–Crippen MR) is 80.5 cm³/mol. The largest absolute Gasteiger partial charge is 0.392 e. The lowest BCUT2D eigenvalue weighted by Crippen LogP contribution is -2.56. The molecule has 1 aliphatic rings. The molecule has 1 aromatic carbocycles. The number of carbonyl (C=O) groups is 1. The number of rotatable bonds is 4. The number of nitrogens with zero attached hydrogens (tertiary/aromatic N) is 1. The third kappa shape index (κ3) is 2.54. The van der Waals surface area contributed by atoms with Crippen molar-refractivity contribution in [2.75, 3.05) is 7.05 Å². The first-order valence-corrected chi connectivity index (χ1v) is 7.06. The van der Waals surface area contributed by atoms with Crippen LogP contribution in [0.3, 0.4) is 0 Å². The smallest absolute Gasteiger partial charge is 0.235 e. The summed E-state index contributed by atoms with van der Waals surface area (Å²) < 4.78 is 13.6. The zero-order valence-electron chi connectivity index (χ0n) is 11.7. The number of hydrogen-bond donors (Lipinski definition) is 1. The Kier molecular flexibility index (Phi) is 4.09. The van der Waals surface area contributed by atoms with Gasteiger partial charge in [-0.25, -0.2) is 4.39 Å². The second-order valence-electron chi connectivity index (χ2n) is 5.71. The molecule has 0 aromatic heterocycles. The van der Waals surface area contributed by atoms with E-state index in [1.807, 2.05) is 0 Å². The summed E-state index contributed by atoms with van der Waals surface area (Å²) >= 11 is 5.08. The van der Waals surface area contributed by atoms with Crippen LogP contribution in [0.4, 0.5) is 4.39 Å². The molecule has 1 fully saturated rings. The van der Waals surface area contributed by atoms with Crippen LogP contribution in [0.1, 0.15) is 25.3 Å². The fraction of sp³-hybridized carbons (Fsp3) is 0.467. The highest BCUT2D eigenvalue weighted by molar-refractivity contribution is 7.80. The number of hydrogen-bond acceptors (Lipinski definition) is 2. The molecule has 2 N–H and O–H groups in total.